The van der Waals surface area contributed by atoms with E-state index in [1.165, 1.54) is 23.1 Å². The molecular formula is C36H40ClN3O5S. The first-order valence-corrected chi connectivity index (χ1v) is 16.9. The molecule has 2 amide bonds. The third kappa shape index (κ3) is 8.89. The SMILES string of the molecule is COc1cccc(CN(C(=O)CN(c2cc(Cl)ccc2C)S(=O)(=O)c2ccccc2)[C@H](Cc2ccccc2)C(=O)NCC(C)C)c1. The molecule has 0 aliphatic heterocycles. The first kappa shape index (κ1) is 34.5. The Morgan fingerprint density at radius 2 is 1.52 bits per heavy atom. The summed E-state index contributed by atoms with van der Waals surface area (Å²) in [4.78, 5) is 30.0. The van der Waals surface area contributed by atoms with Crippen LogP contribution < -0.4 is 14.4 Å². The Hall–Kier alpha value is -4.34. The van der Waals surface area contributed by atoms with Gasteiger partial charge >= 0.3 is 0 Å². The summed E-state index contributed by atoms with van der Waals surface area (Å²) in [6.45, 7) is 5.63. The van der Waals surface area contributed by atoms with E-state index in [0.29, 0.717) is 22.9 Å². The molecule has 0 bridgehead atoms. The second-order valence-electron chi connectivity index (χ2n) is 11.5. The van der Waals surface area contributed by atoms with Crippen LogP contribution >= 0.6 is 11.6 Å². The van der Waals surface area contributed by atoms with E-state index in [1.807, 2.05) is 56.3 Å². The third-order valence-electron chi connectivity index (χ3n) is 7.49. The van der Waals surface area contributed by atoms with Crippen LogP contribution in [-0.2, 0) is 32.6 Å². The molecule has 0 radical (unpaired) electrons. The van der Waals surface area contributed by atoms with Gasteiger partial charge in [-0.1, -0.05) is 92.2 Å². The number of sulfonamides is 1. The summed E-state index contributed by atoms with van der Waals surface area (Å²) in [6, 6.07) is 28.6. The molecular weight excluding hydrogens is 622 g/mol. The predicted octanol–water partition coefficient (Wildman–Crippen LogP) is 6.26. The van der Waals surface area contributed by atoms with E-state index in [-0.39, 0.29) is 35.4 Å². The minimum Gasteiger partial charge on any atom is -0.497 e. The molecule has 8 nitrogen and oxygen atoms in total. The van der Waals surface area contributed by atoms with Crippen molar-refractivity contribution in [2.75, 3.05) is 24.5 Å². The van der Waals surface area contributed by atoms with Crippen molar-refractivity contribution >= 4 is 39.1 Å². The molecule has 1 atom stereocenters. The predicted molar refractivity (Wildman–Crippen MR) is 182 cm³/mol. The van der Waals surface area contributed by atoms with E-state index in [4.69, 9.17) is 16.3 Å². The van der Waals surface area contributed by atoms with E-state index in [0.717, 1.165) is 15.4 Å². The van der Waals surface area contributed by atoms with Crippen LogP contribution in [0.15, 0.2) is 108 Å². The molecule has 0 saturated carbocycles. The fourth-order valence-electron chi connectivity index (χ4n) is 5.03. The standard InChI is InChI=1S/C36H40ClN3O5S/c1-26(2)23-38-36(42)34(21-28-12-7-5-8-13-28)39(24-29-14-11-15-31(20-29)45-4)35(41)25-40(33-22-30(37)19-18-27(33)3)46(43,44)32-16-9-6-10-17-32/h5-20,22,26,34H,21,23-25H2,1-4H3,(H,38,42)/t34-/m1/s1. The van der Waals surface area contributed by atoms with Gasteiger partial charge < -0.3 is 15.0 Å². The Morgan fingerprint density at radius 3 is 2.17 bits per heavy atom. The minimum atomic E-state index is -4.23. The number of benzene rings is 4. The van der Waals surface area contributed by atoms with Crippen molar-refractivity contribution in [1.82, 2.24) is 10.2 Å². The molecule has 0 saturated heterocycles. The van der Waals surface area contributed by atoms with Gasteiger partial charge in [-0.05, 0) is 65.9 Å². The Balaban J connectivity index is 1.83. The lowest BCUT2D eigenvalue weighted by molar-refractivity contribution is -0.140. The molecule has 46 heavy (non-hydrogen) atoms. The summed E-state index contributed by atoms with van der Waals surface area (Å²) in [7, 11) is -2.67. The number of hydrogen-bond donors (Lipinski definition) is 1. The number of amides is 2. The second kappa shape index (κ2) is 15.8. The van der Waals surface area contributed by atoms with Gasteiger partial charge in [0.1, 0.15) is 18.3 Å². The lowest BCUT2D eigenvalue weighted by atomic mass is 10.0. The van der Waals surface area contributed by atoms with E-state index in [9.17, 15) is 18.0 Å². The van der Waals surface area contributed by atoms with Crippen molar-refractivity contribution in [3.63, 3.8) is 0 Å². The molecule has 10 heteroatoms. The zero-order valence-electron chi connectivity index (χ0n) is 26.5. The highest BCUT2D eigenvalue weighted by atomic mass is 35.5. The van der Waals surface area contributed by atoms with Gasteiger partial charge in [0.15, 0.2) is 0 Å². The highest BCUT2D eigenvalue weighted by Crippen LogP contribution is 2.30. The average molecular weight is 662 g/mol. The van der Waals surface area contributed by atoms with Gasteiger partial charge in [0, 0.05) is 24.5 Å². The molecule has 242 valence electrons. The maximum atomic E-state index is 14.6. The van der Waals surface area contributed by atoms with Crippen LogP contribution in [0.25, 0.3) is 0 Å². The number of nitrogens with one attached hydrogen (secondary N) is 1. The van der Waals surface area contributed by atoms with Crippen molar-refractivity contribution < 1.29 is 22.7 Å². The minimum absolute atomic E-state index is 0.0250. The summed E-state index contributed by atoms with van der Waals surface area (Å²) in [6.07, 6.45) is 0.224. The van der Waals surface area contributed by atoms with E-state index >= 15 is 0 Å². The highest BCUT2D eigenvalue weighted by molar-refractivity contribution is 7.92. The molecule has 4 aromatic rings. The van der Waals surface area contributed by atoms with Gasteiger partial charge in [-0.25, -0.2) is 8.42 Å². The number of nitrogens with zero attached hydrogens (tertiary/aromatic N) is 2. The summed E-state index contributed by atoms with van der Waals surface area (Å²) < 4.78 is 34.9. The van der Waals surface area contributed by atoms with Crippen LogP contribution in [0.3, 0.4) is 0 Å². The Labute approximate surface area is 277 Å². The van der Waals surface area contributed by atoms with Crippen molar-refractivity contribution in [1.29, 1.82) is 0 Å². The quantitative estimate of drug-likeness (QED) is 0.172. The lowest BCUT2D eigenvalue weighted by Gasteiger charge is -2.34. The number of carbonyl (C=O) groups excluding carboxylic acids is 2. The van der Waals surface area contributed by atoms with Crippen molar-refractivity contribution in [3.05, 3.63) is 125 Å². The number of halogens is 1. The largest absolute Gasteiger partial charge is 0.497 e. The molecule has 0 fully saturated rings. The summed E-state index contributed by atoms with van der Waals surface area (Å²) in [5, 5.41) is 3.32. The lowest BCUT2D eigenvalue weighted by Crippen LogP contribution is -2.53. The van der Waals surface area contributed by atoms with Crippen LogP contribution in [0.4, 0.5) is 5.69 Å². The zero-order valence-corrected chi connectivity index (χ0v) is 28.1. The Bertz CT molecular complexity index is 1730. The summed E-state index contributed by atoms with van der Waals surface area (Å²) in [5.74, 6) is -0.106. The van der Waals surface area contributed by atoms with Crippen molar-refractivity contribution in [3.8, 4) is 5.75 Å². The molecule has 4 rings (SSSR count). The molecule has 0 aromatic heterocycles. The van der Waals surface area contributed by atoms with E-state index in [2.05, 4.69) is 5.32 Å². The number of methoxy groups -OCH3 is 1. The van der Waals surface area contributed by atoms with Crippen LogP contribution in [-0.4, -0.2) is 51.4 Å². The molecule has 0 spiro atoms. The maximum absolute atomic E-state index is 14.6. The topological polar surface area (TPSA) is 96.0 Å². The van der Waals surface area contributed by atoms with Crippen LogP contribution in [0, 0.1) is 12.8 Å². The molecule has 4 aromatic carbocycles. The van der Waals surface area contributed by atoms with E-state index < -0.39 is 28.5 Å². The number of hydrogen-bond acceptors (Lipinski definition) is 5. The van der Waals surface area contributed by atoms with E-state index in [1.54, 1.807) is 56.5 Å². The number of rotatable bonds is 14. The fraction of sp³-hybridized carbons (Fsp3) is 0.278. The summed E-state index contributed by atoms with van der Waals surface area (Å²) in [5.41, 5.74) is 2.47. The molecule has 0 unspecified atom stereocenters. The van der Waals surface area contributed by atoms with Crippen LogP contribution in [0.5, 0.6) is 5.75 Å². The average Bonchev–Trinajstić information content (AvgIpc) is 3.06. The van der Waals surface area contributed by atoms with Crippen LogP contribution in [0.1, 0.15) is 30.5 Å². The van der Waals surface area contributed by atoms with Gasteiger partial charge in [-0.15, -0.1) is 0 Å². The number of aryl methyl sites for hydroxylation is 1. The van der Waals surface area contributed by atoms with Gasteiger partial charge in [-0.3, -0.25) is 13.9 Å². The molecule has 0 heterocycles. The molecule has 0 aliphatic rings. The number of anilines is 1. The van der Waals surface area contributed by atoms with Gasteiger partial charge in [-0.2, -0.15) is 0 Å². The molecule has 0 aliphatic carbocycles. The first-order valence-electron chi connectivity index (χ1n) is 15.1. The van der Waals surface area contributed by atoms with Gasteiger partial charge in [0.2, 0.25) is 11.8 Å². The van der Waals surface area contributed by atoms with Gasteiger partial charge in [0.25, 0.3) is 10.0 Å². The molecule has 1 N–H and O–H groups in total. The Morgan fingerprint density at radius 1 is 0.870 bits per heavy atom. The number of carbonyl (C=O) groups is 2. The van der Waals surface area contributed by atoms with Crippen LogP contribution in [0.2, 0.25) is 5.02 Å². The van der Waals surface area contributed by atoms with Gasteiger partial charge in [0.05, 0.1) is 17.7 Å². The normalized spacial score (nSPS) is 12.0. The fourth-order valence-corrected chi connectivity index (χ4v) is 6.69. The zero-order chi connectivity index (χ0) is 33.3. The van der Waals surface area contributed by atoms with Crippen molar-refractivity contribution in [2.45, 2.75) is 44.7 Å². The first-order chi connectivity index (χ1) is 22.0. The Kier molecular flexibility index (Phi) is 11.8. The summed E-state index contributed by atoms with van der Waals surface area (Å²) >= 11 is 6.35. The van der Waals surface area contributed by atoms with Crippen molar-refractivity contribution in [2.24, 2.45) is 5.92 Å². The highest BCUT2D eigenvalue weighted by Gasteiger charge is 2.35. The maximum Gasteiger partial charge on any atom is 0.264 e. The third-order valence-corrected chi connectivity index (χ3v) is 9.50. The number of ether oxygens (including phenoxy) is 1. The smallest absolute Gasteiger partial charge is 0.264 e. The monoisotopic (exact) mass is 661 g/mol. The second-order valence-corrected chi connectivity index (χ2v) is 13.8.